The topological polar surface area (TPSA) is 43.4 Å². The van der Waals surface area contributed by atoms with Crippen LogP contribution in [-0.2, 0) is 20.9 Å². The smallest absolute Gasteiger partial charge is 0.338 e. The summed E-state index contributed by atoms with van der Waals surface area (Å²) in [4.78, 5) is 23.2. The number of benzene rings is 1. The molecule has 1 aliphatic rings. The second-order valence-electron chi connectivity index (χ2n) is 4.16. The Morgan fingerprint density at radius 2 is 1.65 bits per heavy atom. The molecule has 0 radical (unpaired) electrons. The standard InChI is InChI=1S/C17H14O3/c18-16-11-5-4-9-15(10-6-12-16)17(19)20-13-14-7-2-1-3-8-14/h1-12H,13H2. The molecule has 0 heterocycles. The van der Waals surface area contributed by atoms with Crippen LogP contribution in [0, 0.1) is 0 Å². The van der Waals surface area contributed by atoms with E-state index in [1.165, 1.54) is 12.2 Å². The molecule has 3 heteroatoms. The number of rotatable bonds is 3. The third-order valence-electron chi connectivity index (χ3n) is 2.63. The first-order chi connectivity index (χ1) is 9.75. The van der Waals surface area contributed by atoms with E-state index >= 15 is 0 Å². The van der Waals surface area contributed by atoms with Crippen LogP contribution in [0.2, 0.25) is 0 Å². The summed E-state index contributed by atoms with van der Waals surface area (Å²) in [5.41, 5.74) is 1.33. The molecule has 100 valence electrons. The highest BCUT2D eigenvalue weighted by molar-refractivity contribution is 6.00. The summed E-state index contributed by atoms with van der Waals surface area (Å²) in [7, 11) is 0. The zero-order chi connectivity index (χ0) is 14.2. The Morgan fingerprint density at radius 1 is 0.950 bits per heavy atom. The fraction of sp³-hybridized carbons (Fsp3) is 0.0588. The van der Waals surface area contributed by atoms with E-state index in [-0.39, 0.29) is 12.4 Å². The molecular formula is C17H14O3. The average Bonchev–Trinajstić information content (AvgIpc) is 2.58. The number of ketones is 1. The van der Waals surface area contributed by atoms with E-state index in [0.29, 0.717) is 5.57 Å². The lowest BCUT2D eigenvalue weighted by molar-refractivity contribution is -0.139. The molecule has 0 unspecified atom stereocenters. The summed E-state index contributed by atoms with van der Waals surface area (Å²) in [6.45, 7) is 0.226. The Kier molecular flexibility index (Phi) is 4.84. The summed E-state index contributed by atoms with van der Waals surface area (Å²) in [5.74, 6) is -0.540. The highest BCUT2D eigenvalue weighted by Crippen LogP contribution is 2.07. The van der Waals surface area contributed by atoms with Gasteiger partial charge in [0.1, 0.15) is 6.61 Å². The van der Waals surface area contributed by atoms with Crippen LogP contribution in [-0.4, -0.2) is 11.8 Å². The molecule has 0 amide bonds. The maximum Gasteiger partial charge on any atom is 0.338 e. The van der Waals surface area contributed by atoms with Gasteiger partial charge in [-0.3, -0.25) is 4.79 Å². The van der Waals surface area contributed by atoms with Crippen LogP contribution in [0.25, 0.3) is 0 Å². The number of carbonyl (C=O) groups is 2. The van der Waals surface area contributed by atoms with E-state index < -0.39 is 5.97 Å². The van der Waals surface area contributed by atoms with Crippen LogP contribution < -0.4 is 0 Å². The number of allylic oxidation sites excluding steroid dienone is 6. The number of hydrogen-bond donors (Lipinski definition) is 0. The quantitative estimate of drug-likeness (QED) is 0.790. The minimum absolute atomic E-state index is 0.121. The van der Waals surface area contributed by atoms with Crippen molar-refractivity contribution in [3.05, 3.63) is 84.0 Å². The van der Waals surface area contributed by atoms with E-state index in [1.54, 1.807) is 30.4 Å². The molecule has 0 aromatic heterocycles. The summed E-state index contributed by atoms with van der Waals surface area (Å²) < 4.78 is 5.23. The summed E-state index contributed by atoms with van der Waals surface area (Å²) in [6.07, 6.45) is 10.8. The van der Waals surface area contributed by atoms with Crippen molar-refractivity contribution in [1.82, 2.24) is 0 Å². The Balaban J connectivity index is 2.02. The van der Waals surface area contributed by atoms with Crippen molar-refractivity contribution in [2.24, 2.45) is 0 Å². The maximum absolute atomic E-state index is 11.9. The lowest BCUT2D eigenvalue weighted by Crippen LogP contribution is -2.06. The van der Waals surface area contributed by atoms with Crippen LogP contribution in [0.3, 0.4) is 0 Å². The predicted octanol–water partition coefficient (Wildman–Crippen LogP) is 2.91. The van der Waals surface area contributed by atoms with Gasteiger partial charge in [-0.1, -0.05) is 48.6 Å². The zero-order valence-corrected chi connectivity index (χ0v) is 10.9. The van der Waals surface area contributed by atoms with Crippen LogP contribution >= 0.6 is 0 Å². The van der Waals surface area contributed by atoms with Crippen molar-refractivity contribution >= 4 is 11.8 Å². The largest absolute Gasteiger partial charge is 0.457 e. The van der Waals surface area contributed by atoms with Crippen LogP contribution in [0.1, 0.15) is 5.56 Å². The van der Waals surface area contributed by atoms with Crippen molar-refractivity contribution in [3.8, 4) is 0 Å². The van der Waals surface area contributed by atoms with Gasteiger partial charge >= 0.3 is 5.97 Å². The van der Waals surface area contributed by atoms with Gasteiger partial charge < -0.3 is 4.74 Å². The molecule has 0 saturated carbocycles. The van der Waals surface area contributed by atoms with Crippen molar-refractivity contribution in [2.75, 3.05) is 0 Å². The van der Waals surface area contributed by atoms with Crippen molar-refractivity contribution in [1.29, 1.82) is 0 Å². The lowest BCUT2D eigenvalue weighted by Gasteiger charge is -2.05. The molecule has 1 aliphatic carbocycles. The molecule has 1 aromatic rings. The monoisotopic (exact) mass is 266 g/mol. The van der Waals surface area contributed by atoms with E-state index in [4.69, 9.17) is 4.74 Å². The molecule has 0 saturated heterocycles. The van der Waals surface area contributed by atoms with E-state index in [9.17, 15) is 9.59 Å². The predicted molar refractivity (Wildman–Crippen MR) is 76.7 cm³/mol. The first kappa shape index (κ1) is 13.7. The molecule has 0 N–H and O–H groups in total. The highest BCUT2D eigenvalue weighted by Gasteiger charge is 2.07. The third-order valence-corrected chi connectivity index (χ3v) is 2.63. The van der Waals surface area contributed by atoms with Gasteiger partial charge in [-0.15, -0.1) is 0 Å². The van der Waals surface area contributed by atoms with E-state index in [0.717, 1.165) is 5.56 Å². The molecule has 0 spiro atoms. The Morgan fingerprint density at radius 3 is 2.45 bits per heavy atom. The summed E-state index contributed by atoms with van der Waals surface area (Å²) >= 11 is 0. The average molecular weight is 266 g/mol. The first-order valence-corrected chi connectivity index (χ1v) is 6.24. The fourth-order valence-electron chi connectivity index (χ4n) is 1.61. The van der Waals surface area contributed by atoms with Crippen molar-refractivity contribution in [2.45, 2.75) is 6.61 Å². The molecule has 0 fully saturated rings. The van der Waals surface area contributed by atoms with Crippen molar-refractivity contribution in [3.63, 3.8) is 0 Å². The highest BCUT2D eigenvalue weighted by atomic mass is 16.5. The number of esters is 1. The van der Waals surface area contributed by atoms with E-state index in [1.807, 2.05) is 30.3 Å². The van der Waals surface area contributed by atoms with Gasteiger partial charge in [-0.2, -0.15) is 0 Å². The zero-order valence-electron chi connectivity index (χ0n) is 10.9. The van der Waals surface area contributed by atoms with Crippen molar-refractivity contribution < 1.29 is 14.3 Å². The lowest BCUT2D eigenvalue weighted by atomic mass is 10.2. The molecule has 1 aromatic carbocycles. The second-order valence-corrected chi connectivity index (χ2v) is 4.16. The fourth-order valence-corrected chi connectivity index (χ4v) is 1.61. The molecule has 0 aliphatic heterocycles. The molecule has 2 rings (SSSR count). The van der Waals surface area contributed by atoms with Gasteiger partial charge in [0.2, 0.25) is 0 Å². The van der Waals surface area contributed by atoms with Gasteiger partial charge in [-0.05, 0) is 29.9 Å². The Labute approximate surface area is 117 Å². The molecule has 0 bridgehead atoms. The third kappa shape index (κ3) is 4.21. The number of hydrogen-bond acceptors (Lipinski definition) is 3. The van der Waals surface area contributed by atoms with Gasteiger partial charge in [-0.25, -0.2) is 4.79 Å². The molecular weight excluding hydrogens is 252 g/mol. The van der Waals surface area contributed by atoms with Gasteiger partial charge in [0.25, 0.3) is 0 Å². The van der Waals surface area contributed by atoms with Gasteiger partial charge in [0.05, 0.1) is 5.57 Å². The normalized spacial score (nSPS) is 14.2. The van der Waals surface area contributed by atoms with Crippen LogP contribution in [0.5, 0.6) is 0 Å². The van der Waals surface area contributed by atoms with Gasteiger partial charge in [0, 0.05) is 0 Å². The minimum Gasteiger partial charge on any atom is -0.457 e. The Hall–Kier alpha value is -2.68. The van der Waals surface area contributed by atoms with E-state index in [2.05, 4.69) is 0 Å². The van der Waals surface area contributed by atoms with Gasteiger partial charge in [0.15, 0.2) is 5.78 Å². The Bertz CT molecular complexity index is 604. The SMILES string of the molecule is O=C1C=CC=CC(C(=O)OCc2ccccc2)=CC=C1. The first-order valence-electron chi connectivity index (χ1n) is 6.24. The maximum atomic E-state index is 11.9. The minimum atomic E-state index is -0.419. The summed E-state index contributed by atoms with van der Waals surface area (Å²) in [5, 5.41) is 0. The summed E-state index contributed by atoms with van der Waals surface area (Å²) in [6, 6.07) is 9.47. The molecule has 0 atom stereocenters. The van der Waals surface area contributed by atoms with Crippen LogP contribution in [0.15, 0.2) is 78.4 Å². The molecule has 3 nitrogen and oxygen atoms in total. The molecule has 20 heavy (non-hydrogen) atoms. The number of carbonyl (C=O) groups excluding carboxylic acids is 2. The number of ether oxygens (including phenoxy) is 1. The second kappa shape index (κ2) is 7.04. The van der Waals surface area contributed by atoms with Crippen LogP contribution in [0.4, 0.5) is 0 Å².